The number of halogens is 3. The van der Waals surface area contributed by atoms with Gasteiger partial charge >= 0.3 is 5.97 Å². The average molecular weight is 569 g/mol. The first-order chi connectivity index (χ1) is 19.7. The lowest BCUT2D eigenvalue weighted by Gasteiger charge is -2.20. The Bertz CT molecular complexity index is 1340. The standard InChI is InChI=1S/C32H35F3N2O4/c1-19(2)21-5-9-24(10-6-21)41-30(32(38)39)13-20-3-7-23(8-4-20)40-12-11-36-31-25-17-37(18-26(25)31)16-22-14-28(34)29(35)15-27(22)33/h3-10,14-15,19,25-26,30-31,36H,11-13,16-18H2,1-2H3,(H,38,39)/t25-,26?,30-,31?/m0/s1. The van der Waals surface area contributed by atoms with Crippen LogP contribution < -0.4 is 14.8 Å². The van der Waals surface area contributed by atoms with E-state index in [0.29, 0.717) is 54.5 Å². The van der Waals surface area contributed by atoms with E-state index in [9.17, 15) is 23.1 Å². The van der Waals surface area contributed by atoms with Crippen molar-refractivity contribution in [3.05, 3.63) is 94.8 Å². The zero-order chi connectivity index (χ0) is 29.1. The maximum Gasteiger partial charge on any atom is 0.345 e. The first kappa shape index (κ1) is 29.0. The number of hydrogen-bond donors (Lipinski definition) is 2. The molecule has 0 amide bonds. The van der Waals surface area contributed by atoms with E-state index in [2.05, 4.69) is 24.1 Å². The number of rotatable bonds is 13. The van der Waals surface area contributed by atoms with E-state index in [1.54, 1.807) is 12.1 Å². The predicted molar refractivity (Wildman–Crippen MR) is 149 cm³/mol. The molecule has 41 heavy (non-hydrogen) atoms. The highest BCUT2D eigenvalue weighted by Crippen LogP contribution is 2.45. The maximum atomic E-state index is 13.9. The van der Waals surface area contributed by atoms with Gasteiger partial charge in [-0.05, 0) is 59.2 Å². The third-order valence-electron chi connectivity index (χ3n) is 7.95. The molecule has 9 heteroatoms. The van der Waals surface area contributed by atoms with Crippen molar-refractivity contribution < 1.29 is 32.5 Å². The van der Waals surface area contributed by atoms with Crippen LogP contribution in [-0.4, -0.2) is 54.4 Å². The molecule has 1 heterocycles. The fraction of sp³-hybridized carbons (Fsp3) is 0.406. The Labute approximate surface area is 238 Å². The highest BCUT2D eigenvalue weighted by atomic mass is 19.2. The molecule has 0 radical (unpaired) electrons. The Kier molecular flexibility index (Phi) is 8.85. The van der Waals surface area contributed by atoms with Crippen LogP contribution in [0.5, 0.6) is 11.5 Å². The van der Waals surface area contributed by atoms with Gasteiger partial charge in [-0.1, -0.05) is 38.1 Å². The molecule has 2 fully saturated rings. The van der Waals surface area contributed by atoms with Crippen LogP contribution in [0.4, 0.5) is 13.2 Å². The van der Waals surface area contributed by atoms with E-state index in [-0.39, 0.29) is 18.5 Å². The first-order valence-corrected chi connectivity index (χ1v) is 14.0. The average Bonchev–Trinajstić information content (AvgIpc) is 3.39. The molecule has 5 rings (SSSR count). The SMILES string of the molecule is CC(C)c1ccc(O[C@@H](Cc2ccc(OCCNC3C4CN(Cc5cc(F)c(F)cc5F)C[C@@H]43)cc2)C(=O)O)cc1. The number of hydrogen-bond acceptors (Lipinski definition) is 5. The monoisotopic (exact) mass is 568 g/mol. The second kappa shape index (κ2) is 12.5. The normalized spacial score (nSPS) is 20.6. The van der Waals surface area contributed by atoms with Gasteiger partial charge in [-0.3, -0.25) is 4.90 Å². The number of fused-ring (bicyclic) bond motifs is 1. The summed E-state index contributed by atoms with van der Waals surface area (Å²) in [5, 5.41) is 13.2. The van der Waals surface area contributed by atoms with E-state index in [4.69, 9.17) is 9.47 Å². The summed E-state index contributed by atoms with van der Waals surface area (Å²) in [6.07, 6.45) is -0.770. The molecule has 0 bridgehead atoms. The molecule has 218 valence electrons. The van der Waals surface area contributed by atoms with Crippen molar-refractivity contribution in [3.8, 4) is 11.5 Å². The number of carbonyl (C=O) groups is 1. The van der Waals surface area contributed by atoms with Crippen molar-refractivity contribution in [1.82, 2.24) is 10.2 Å². The van der Waals surface area contributed by atoms with Crippen LogP contribution in [-0.2, 0) is 17.8 Å². The van der Waals surface area contributed by atoms with E-state index in [1.165, 1.54) is 0 Å². The van der Waals surface area contributed by atoms with Crippen molar-refractivity contribution >= 4 is 5.97 Å². The van der Waals surface area contributed by atoms with Gasteiger partial charge in [0.25, 0.3) is 0 Å². The molecule has 0 aromatic heterocycles. The van der Waals surface area contributed by atoms with Crippen LogP contribution in [0.25, 0.3) is 0 Å². The molecule has 1 aliphatic carbocycles. The molecular weight excluding hydrogens is 533 g/mol. The number of carboxylic acids is 1. The molecule has 2 N–H and O–H groups in total. The Morgan fingerprint density at radius 1 is 0.951 bits per heavy atom. The lowest BCUT2D eigenvalue weighted by molar-refractivity contribution is -0.145. The fourth-order valence-electron chi connectivity index (χ4n) is 5.58. The lowest BCUT2D eigenvalue weighted by Crippen LogP contribution is -2.33. The van der Waals surface area contributed by atoms with Crippen LogP contribution in [0.2, 0.25) is 0 Å². The van der Waals surface area contributed by atoms with Crippen LogP contribution in [0.1, 0.15) is 36.5 Å². The first-order valence-electron chi connectivity index (χ1n) is 14.0. The summed E-state index contributed by atoms with van der Waals surface area (Å²) < 4.78 is 52.2. The molecule has 1 aliphatic heterocycles. The molecule has 6 nitrogen and oxygen atoms in total. The Morgan fingerprint density at radius 2 is 1.59 bits per heavy atom. The molecule has 0 spiro atoms. The van der Waals surface area contributed by atoms with Gasteiger partial charge in [0.2, 0.25) is 0 Å². The molecule has 4 atom stereocenters. The number of aliphatic carboxylic acids is 1. The predicted octanol–water partition coefficient (Wildman–Crippen LogP) is 5.40. The van der Waals surface area contributed by atoms with Gasteiger partial charge in [0, 0.05) is 50.3 Å². The Hall–Kier alpha value is -3.56. The highest BCUT2D eigenvalue weighted by molar-refractivity contribution is 5.73. The van der Waals surface area contributed by atoms with Gasteiger partial charge in [-0.2, -0.15) is 0 Å². The number of ether oxygens (including phenoxy) is 2. The zero-order valence-corrected chi connectivity index (χ0v) is 23.2. The molecule has 2 unspecified atom stereocenters. The van der Waals surface area contributed by atoms with Gasteiger partial charge in [-0.25, -0.2) is 18.0 Å². The quantitative estimate of drug-likeness (QED) is 0.213. The van der Waals surface area contributed by atoms with E-state index in [0.717, 1.165) is 30.3 Å². The number of benzene rings is 3. The largest absolute Gasteiger partial charge is 0.492 e. The summed E-state index contributed by atoms with van der Waals surface area (Å²) in [6.45, 7) is 7.18. The highest BCUT2D eigenvalue weighted by Gasteiger charge is 2.55. The second-order valence-corrected chi connectivity index (χ2v) is 11.2. The van der Waals surface area contributed by atoms with Crippen LogP contribution in [0, 0.1) is 29.3 Å². The minimum absolute atomic E-state index is 0.177. The Balaban J connectivity index is 1.01. The minimum Gasteiger partial charge on any atom is -0.492 e. The van der Waals surface area contributed by atoms with Crippen molar-refractivity contribution in [3.63, 3.8) is 0 Å². The van der Waals surface area contributed by atoms with Crippen molar-refractivity contribution in [1.29, 1.82) is 0 Å². The number of nitrogens with one attached hydrogen (secondary N) is 1. The number of piperidine rings is 1. The summed E-state index contributed by atoms with van der Waals surface area (Å²) in [5.41, 5.74) is 2.17. The third kappa shape index (κ3) is 7.21. The lowest BCUT2D eigenvalue weighted by atomic mass is 10.0. The van der Waals surface area contributed by atoms with Crippen molar-refractivity contribution in [2.24, 2.45) is 11.8 Å². The van der Waals surface area contributed by atoms with Gasteiger partial charge < -0.3 is 19.9 Å². The maximum absolute atomic E-state index is 13.9. The number of nitrogens with zero attached hydrogens (tertiary/aromatic N) is 1. The van der Waals surface area contributed by atoms with Crippen LogP contribution >= 0.6 is 0 Å². The number of carboxylic acid groups (broad SMARTS) is 1. The molecule has 1 saturated heterocycles. The summed E-state index contributed by atoms with van der Waals surface area (Å²) in [5.74, 6) is -1.40. The van der Waals surface area contributed by atoms with Gasteiger partial charge in [0.05, 0.1) is 0 Å². The van der Waals surface area contributed by atoms with E-state index < -0.39 is 29.5 Å². The van der Waals surface area contributed by atoms with Crippen LogP contribution in [0.3, 0.4) is 0 Å². The number of likely N-dealkylation sites (tertiary alicyclic amines) is 1. The topological polar surface area (TPSA) is 71.0 Å². The minimum atomic E-state index is -1.17. The zero-order valence-electron chi connectivity index (χ0n) is 23.2. The Morgan fingerprint density at radius 3 is 2.22 bits per heavy atom. The molecule has 3 aromatic rings. The van der Waals surface area contributed by atoms with Crippen molar-refractivity contribution in [2.45, 2.75) is 44.9 Å². The van der Waals surface area contributed by atoms with Crippen LogP contribution in [0.15, 0.2) is 60.7 Å². The van der Waals surface area contributed by atoms with E-state index in [1.807, 2.05) is 36.4 Å². The molecule has 1 saturated carbocycles. The summed E-state index contributed by atoms with van der Waals surface area (Å²) >= 11 is 0. The van der Waals surface area contributed by atoms with Gasteiger partial charge in [0.1, 0.15) is 23.9 Å². The molecule has 2 aliphatic rings. The third-order valence-corrected chi connectivity index (χ3v) is 7.95. The smallest absolute Gasteiger partial charge is 0.345 e. The van der Waals surface area contributed by atoms with Gasteiger partial charge in [-0.15, -0.1) is 0 Å². The molecular formula is C32H35F3N2O4. The second-order valence-electron chi connectivity index (χ2n) is 11.2. The van der Waals surface area contributed by atoms with E-state index >= 15 is 0 Å². The summed E-state index contributed by atoms with van der Waals surface area (Å²) in [6, 6.07) is 16.8. The van der Waals surface area contributed by atoms with Gasteiger partial charge in [0.15, 0.2) is 17.7 Å². The van der Waals surface area contributed by atoms with Crippen molar-refractivity contribution in [2.75, 3.05) is 26.2 Å². The summed E-state index contributed by atoms with van der Waals surface area (Å²) in [7, 11) is 0. The summed E-state index contributed by atoms with van der Waals surface area (Å²) in [4.78, 5) is 13.9. The molecule has 3 aromatic carbocycles. The fourth-order valence-corrected chi connectivity index (χ4v) is 5.58.